The Morgan fingerprint density at radius 2 is 2.23 bits per heavy atom. The minimum atomic E-state index is -0.565. The summed E-state index contributed by atoms with van der Waals surface area (Å²) < 4.78 is 13.2. The summed E-state index contributed by atoms with van der Waals surface area (Å²) in [6.45, 7) is -0.155. The van der Waals surface area contributed by atoms with E-state index < -0.39 is 5.82 Å². The van der Waals surface area contributed by atoms with E-state index in [1.165, 1.54) is 6.07 Å². The third kappa shape index (κ3) is 2.27. The Hall–Kier alpha value is -0.450. The molecule has 0 bridgehead atoms. The highest BCUT2D eigenvalue weighted by atomic mass is 79.9. The van der Waals surface area contributed by atoms with Crippen molar-refractivity contribution in [2.24, 2.45) is 5.73 Å². The van der Waals surface area contributed by atoms with Crippen LogP contribution < -0.4 is 5.73 Å². The van der Waals surface area contributed by atoms with Gasteiger partial charge in [0.25, 0.3) is 0 Å². The van der Waals surface area contributed by atoms with Crippen LogP contribution in [-0.4, -0.2) is 12.3 Å². The highest BCUT2D eigenvalue weighted by Gasteiger charge is 2.10. The van der Waals surface area contributed by atoms with Crippen LogP contribution in [0.5, 0.6) is 0 Å². The van der Waals surface area contributed by atoms with Gasteiger partial charge in [0.1, 0.15) is 5.82 Å². The SMILES string of the molecule is NCC(=O)c1cc(F)c(Br)c(Cl)c1. The van der Waals surface area contributed by atoms with E-state index in [9.17, 15) is 9.18 Å². The van der Waals surface area contributed by atoms with E-state index in [4.69, 9.17) is 17.3 Å². The number of ketones is 1. The molecule has 0 radical (unpaired) electrons. The minimum Gasteiger partial charge on any atom is -0.324 e. The summed E-state index contributed by atoms with van der Waals surface area (Å²) in [7, 11) is 0. The van der Waals surface area contributed by atoms with Gasteiger partial charge in [-0.3, -0.25) is 4.79 Å². The fourth-order valence-electron chi connectivity index (χ4n) is 0.834. The van der Waals surface area contributed by atoms with E-state index in [0.717, 1.165) is 6.07 Å². The summed E-state index contributed by atoms with van der Waals surface area (Å²) in [6, 6.07) is 2.48. The Morgan fingerprint density at radius 1 is 1.62 bits per heavy atom. The zero-order valence-corrected chi connectivity index (χ0v) is 8.82. The largest absolute Gasteiger partial charge is 0.324 e. The molecule has 0 spiro atoms. The number of carbonyl (C=O) groups is 1. The fourth-order valence-corrected chi connectivity index (χ4v) is 1.27. The Morgan fingerprint density at radius 3 is 2.69 bits per heavy atom. The van der Waals surface area contributed by atoms with E-state index in [-0.39, 0.29) is 27.4 Å². The quantitative estimate of drug-likeness (QED) is 0.660. The summed E-state index contributed by atoms with van der Waals surface area (Å²) >= 11 is 8.58. The molecule has 0 amide bonds. The molecular weight excluding hydrogens is 260 g/mol. The second kappa shape index (κ2) is 4.17. The number of nitrogens with two attached hydrogens (primary N) is 1. The van der Waals surface area contributed by atoms with Crippen LogP contribution in [0.2, 0.25) is 5.02 Å². The molecule has 0 aliphatic rings. The number of carbonyl (C=O) groups excluding carboxylic acids is 1. The molecule has 1 aromatic carbocycles. The van der Waals surface area contributed by atoms with Gasteiger partial charge in [0.05, 0.1) is 16.0 Å². The molecule has 0 heterocycles. The molecule has 0 aliphatic carbocycles. The van der Waals surface area contributed by atoms with Gasteiger partial charge >= 0.3 is 0 Å². The zero-order valence-electron chi connectivity index (χ0n) is 6.48. The molecule has 0 fully saturated rings. The summed E-state index contributed by atoms with van der Waals surface area (Å²) in [4.78, 5) is 11.1. The van der Waals surface area contributed by atoms with Crippen LogP contribution in [0.3, 0.4) is 0 Å². The lowest BCUT2D eigenvalue weighted by Gasteiger charge is -2.02. The van der Waals surface area contributed by atoms with Crippen LogP contribution >= 0.6 is 27.5 Å². The monoisotopic (exact) mass is 265 g/mol. The molecule has 2 N–H and O–H groups in total. The molecular formula is C8H6BrClFNO. The summed E-state index contributed by atoms with van der Waals surface area (Å²) in [6.07, 6.45) is 0. The molecule has 70 valence electrons. The van der Waals surface area contributed by atoms with Crippen LogP contribution in [0.4, 0.5) is 4.39 Å². The summed E-state index contributed by atoms with van der Waals surface area (Å²) in [5.74, 6) is -0.905. The van der Waals surface area contributed by atoms with Crippen molar-refractivity contribution in [3.63, 3.8) is 0 Å². The van der Waals surface area contributed by atoms with Gasteiger partial charge < -0.3 is 5.73 Å². The second-order valence-corrected chi connectivity index (χ2v) is 3.58. The lowest BCUT2D eigenvalue weighted by Crippen LogP contribution is -2.13. The molecule has 1 aromatic rings. The Labute approximate surface area is 88.0 Å². The lowest BCUT2D eigenvalue weighted by molar-refractivity contribution is 0.100. The first-order valence-electron chi connectivity index (χ1n) is 3.44. The average Bonchev–Trinajstić information content (AvgIpc) is 2.12. The topological polar surface area (TPSA) is 43.1 Å². The van der Waals surface area contributed by atoms with Crippen LogP contribution in [0.25, 0.3) is 0 Å². The van der Waals surface area contributed by atoms with Gasteiger partial charge in [0.15, 0.2) is 5.78 Å². The van der Waals surface area contributed by atoms with E-state index in [2.05, 4.69) is 15.9 Å². The molecule has 0 saturated heterocycles. The smallest absolute Gasteiger partial charge is 0.176 e. The predicted molar refractivity (Wildman–Crippen MR) is 52.5 cm³/mol. The highest BCUT2D eigenvalue weighted by Crippen LogP contribution is 2.26. The second-order valence-electron chi connectivity index (χ2n) is 2.38. The van der Waals surface area contributed by atoms with Gasteiger partial charge in [-0.1, -0.05) is 11.6 Å². The van der Waals surface area contributed by atoms with Crippen LogP contribution in [0.1, 0.15) is 10.4 Å². The number of rotatable bonds is 2. The van der Waals surface area contributed by atoms with Gasteiger partial charge in [-0.2, -0.15) is 0 Å². The molecule has 2 nitrogen and oxygen atoms in total. The molecule has 5 heteroatoms. The van der Waals surface area contributed by atoms with Gasteiger partial charge in [-0.05, 0) is 28.1 Å². The van der Waals surface area contributed by atoms with E-state index in [1.807, 2.05) is 0 Å². The van der Waals surface area contributed by atoms with Crippen molar-refractivity contribution in [1.29, 1.82) is 0 Å². The number of Topliss-reactive ketones (excluding diaryl/α,β-unsaturated/α-hetero) is 1. The van der Waals surface area contributed by atoms with Crippen molar-refractivity contribution >= 4 is 33.3 Å². The zero-order chi connectivity index (χ0) is 10.0. The number of benzene rings is 1. The van der Waals surface area contributed by atoms with Crippen molar-refractivity contribution in [2.45, 2.75) is 0 Å². The minimum absolute atomic E-state index is 0.155. The normalized spacial score (nSPS) is 10.2. The van der Waals surface area contributed by atoms with Crippen LogP contribution in [0, 0.1) is 5.82 Å². The lowest BCUT2D eigenvalue weighted by atomic mass is 10.1. The first-order valence-corrected chi connectivity index (χ1v) is 4.61. The molecule has 0 unspecified atom stereocenters. The highest BCUT2D eigenvalue weighted by molar-refractivity contribution is 9.10. The third-order valence-electron chi connectivity index (χ3n) is 1.49. The molecule has 0 saturated carbocycles. The molecule has 0 aromatic heterocycles. The standard InChI is InChI=1S/C8H6BrClFNO/c9-8-5(10)1-4(2-6(8)11)7(13)3-12/h1-2H,3,12H2. The van der Waals surface area contributed by atoms with Crippen molar-refractivity contribution in [3.8, 4) is 0 Å². The third-order valence-corrected chi connectivity index (χ3v) is 2.82. The van der Waals surface area contributed by atoms with Gasteiger partial charge in [-0.15, -0.1) is 0 Å². The van der Waals surface area contributed by atoms with Gasteiger partial charge in [0.2, 0.25) is 0 Å². The Bertz CT molecular complexity index is 333. The van der Waals surface area contributed by atoms with Crippen molar-refractivity contribution < 1.29 is 9.18 Å². The maximum atomic E-state index is 13.0. The summed E-state index contributed by atoms with van der Waals surface area (Å²) in [5, 5.41) is 0.164. The van der Waals surface area contributed by atoms with Crippen molar-refractivity contribution in [3.05, 3.63) is 33.0 Å². The van der Waals surface area contributed by atoms with Gasteiger partial charge in [0, 0.05) is 5.56 Å². The van der Waals surface area contributed by atoms with Crippen LogP contribution in [-0.2, 0) is 0 Å². The fraction of sp³-hybridized carbons (Fsp3) is 0.125. The molecule has 0 atom stereocenters. The number of halogens is 3. The van der Waals surface area contributed by atoms with E-state index >= 15 is 0 Å². The van der Waals surface area contributed by atoms with Gasteiger partial charge in [-0.25, -0.2) is 4.39 Å². The molecule has 1 rings (SSSR count). The van der Waals surface area contributed by atoms with Crippen molar-refractivity contribution in [2.75, 3.05) is 6.54 Å². The first kappa shape index (κ1) is 10.6. The molecule has 13 heavy (non-hydrogen) atoms. The van der Waals surface area contributed by atoms with Crippen LogP contribution in [0.15, 0.2) is 16.6 Å². The average molecular weight is 266 g/mol. The first-order chi connectivity index (χ1) is 6.06. The molecule has 0 aliphatic heterocycles. The van der Waals surface area contributed by atoms with E-state index in [1.54, 1.807) is 0 Å². The van der Waals surface area contributed by atoms with Crippen molar-refractivity contribution in [1.82, 2.24) is 0 Å². The summed E-state index contributed by atoms with van der Waals surface area (Å²) in [5.41, 5.74) is 5.30. The maximum Gasteiger partial charge on any atom is 0.176 e. The Kier molecular flexibility index (Phi) is 3.41. The van der Waals surface area contributed by atoms with E-state index in [0.29, 0.717) is 0 Å². The Balaban J connectivity index is 3.20. The number of hydrogen-bond acceptors (Lipinski definition) is 2. The predicted octanol–water partition coefficient (Wildman–Crippen LogP) is 2.38. The number of hydrogen-bond donors (Lipinski definition) is 1. The maximum absolute atomic E-state index is 13.0.